The molecule has 1 amide bonds. The molecule has 3 atom stereocenters. The van der Waals surface area contributed by atoms with Gasteiger partial charge in [0.25, 0.3) is 0 Å². The van der Waals surface area contributed by atoms with E-state index in [4.69, 9.17) is 9.84 Å². The molecule has 0 unspecified atom stereocenters. The van der Waals surface area contributed by atoms with E-state index in [-0.39, 0.29) is 12.6 Å². The second-order valence-corrected chi connectivity index (χ2v) is 3.93. The van der Waals surface area contributed by atoms with Crippen molar-refractivity contribution < 1.29 is 19.4 Å². The summed E-state index contributed by atoms with van der Waals surface area (Å²) in [6.45, 7) is 3.55. The van der Waals surface area contributed by atoms with Crippen LogP contribution in [0, 0.1) is 5.92 Å². The highest BCUT2D eigenvalue weighted by Crippen LogP contribution is 2.48. The van der Waals surface area contributed by atoms with Crippen molar-refractivity contribution in [2.24, 2.45) is 5.92 Å². The number of carbonyl (C=O) groups excluding carboxylic acids is 1. The van der Waals surface area contributed by atoms with Gasteiger partial charge in [-0.25, -0.2) is 9.59 Å². The Morgan fingerprint density at radius 2 is 2.27 bits per heavy atom. The number of ether oxygens (including phenoxy) is 1. The first-order valence-corrected chi connectivity index (χ1v) is 4.94. The molecule has 2 fully saturated rings. The van der Waals surface area contributed by atoms with E-state index in [1.807, 2.05) is 0 Å². The number of hydrogen-bond acceptors (Lipinski definition) is 3. The summed E-state index contributed by atoms with van der Waals surface area (Å²) in [5, 5.41) is 8.93. The van der Waals surface area contributed by atoms with Gasteiger partial charge in [-0.3, -0.25) is 4.90 Å². The second-order valence-electron chi connectivity index (χ2n) is 3.93. The number of nitrogens with zero attached hydrogens (tertiary/aromatic N) is 1. The fraction of sp³-hybridized carbons (Fsp3) is 0.600. The minimum absolute atomic E-state index is 0.0865. The summed E-state index contributed by atoms with van der Waals surface area (Å²) in [5.41, 5.74) is 0. The van der Waals surface area contributed by atoms with Crippen molar-refractivity contribution in [3.05, 3.63) is 12.7 Å². The number of amides is 1. The molecule has 1 aliphatic carbocycles. The summed E-state index contributed by atoms with van der Waals surface area (Å²) >= 11 is 0. The zero-order chi connectivity index (χ0) is 11.0. The molecule has 0 aromatic rings. The van der Waals surface area contributed by atoms with Gasteiger partial charge in [0.2, 0.25) is 0 Å². The first-order valence-electron chi connectivity index (χ1n) is 4.94. The number of carboxylic acid groups (broad SMARTS) is 1. The van der Waals surface area contributed by atoms with E-state index in [9.17, 15) is 9.59 Å². The van der Waals surface area contributed by atoms with Crippen LogP contribution in [0.25, 0.3) is 0 Å². The maximum atomic E-state index is 11.5. The number of rotatable bonds is 3. The third-order valence-corrected chi connectivity index (χ3v) is 2.92. The highest BCUT2D eigenvalue weighted by molar-refractivity contribution is 5.81. The molecule has 82 valence electrons. The molecule has 1 heterocycles. The van der Waals surface area contributed by atoms with Crippen molar-refractivity contribution in [2.75, 3.05) is 6.61 Å². The number of likely N-dealkylation sites (tertiary alicyclic amines) is 1. The lowest BCUT2D eigenvalue weighted by molar-refractivity contribution is -0.142. The lowest BCUT2D eigenvalue weighted by atomic mass is 10.2. The molecule has 2 rings (SSSR count). The maximum absolute atomic E-state index is 11.5. The van der Waals surface area contributed by atoms with Crippen molar-refractivity contribution in [1.82, 2.24) is 4.90 Å². The molecule has 5 heteroatoms. The van der Waals surface area contributed by atoms with Gasteiger partial charge in [0.1, 0.15) is 12.6 Å². The van der Waals surface area contributed by atoms with Crippen LogP contribution in [0.3, 0.4) is 0 Å². The van der Waals surface area contributed by atoms with Gasteiger partial charge in [0, 0.05) is 6.04 Å². The Balaban J connectivity index is 2.01. The number of carboxylic acids is 1. The summed E-state index contributed by atoms with van der Waals surface area (Å²) in [6, 6.07) is -0.616. The fourth-order valence-electron chi connectivity index (χ4n) is 2.14. The van der Waals surface area contributed by atoms with Gasteiger partial charge in [-0.15, -0.1) is 0 Å². The fourth-order valence-corrected chi connectivity index (χ4v) is 2.14. The SMILES string of the molecule is C=CCOC(=O)N1[C@@H]2C[C@@H]2C[C@H]1C(=O)O. The van der Waals surface area contributed by atoms with Crippen molar-refractivity contribution in [1.29, 1.82) is 0 Å². The van der Waals surface area contributed by atoms with E-state index >= 15 is 0 Å². The Morgan fingerprint density at radius 3 is 2.87 bits per heavy atom. The van der Waals surface area contributed by atoms with Gasteiger partial charge >= 0.3 is 12.1 Å². The number of carbonyl (C=O) groups is 2. The lowest BCUT2D eigenvalue weighted by Crippen LogP contribution is -2.43. The molecule has 0 bridgehead atoms. The van der Waals surface area contributed by atoms with Crippen LogP contribution in [0.2, 0.25) is 0 Å². The van der Waals surface area contributed by atoms with Crippen LogP contribution in [-0.4, -0.2) is 40.8 Å². The van der Waals surface area contributed by atoms with E-state index < -0.39 is 18.1 Å². The molecule has 1 saturated carbocycles. The van der Waals surface area contributed by atoms with Crippen LogP contribution in [0.15, 0.2) is 12.7 Å². The first kappa shape index (κ1) is 10.0. The van der Waals surface area contributed by atoms with Crippen LogP contribution >= 0.6 is 0 Å². The number of aliphatic carboxylic acids is 1. The Morgan fingerprint density at radius 1 is 1.53 bits per heavy atom. The molecule has 0 radical (unpaired) electrons. The third-order valence-electron chi connectivity index (χ3n) is 2.92. The van der Waals surface area contributed by atoms with Crippen LogP contribution in [0.1, 0.15) is 12.8 Å². The first-order chi connectivity index (χ1) is 7.15. The predicted octanol–water partition coefficient (Wildman–Crippen LogP) is 0.856. The highest BCUT2D eigenvalue weighted by Gasteiger charge is 2.56. The van der Waals surface area contributed by atoms with Gasteiger partial charge in [-0.05, 0) is 18.8 Å². The summed E-state index contributed by atoms with van der Waals surface area (Å²) in [7, 11) is 0. The molecular formula is C10H13NO4. The zero-order valence-electron chi connectivity index (χ0n) is 8.26. The second kappa shape index (κ2) is 3.56. The van der Waals surface area contributed by atoms with Crippen molar-refractivity contribution in [2.45, 2.75) is 24.9 Å². The third kappa shape index (κ3) is 1.69. The Bertz CT molecular complexity index is 315. The minimum Gasteiger partial charge on any atom is -0.480 e. The Labute approximate surface area is 87.3 Å². The average molecular weight is 211 g/mol. The topological polar surface area (TPSA) is 66.8 Å². The number of fused-ring (bicyclic) bond motifs is 1. The molecule has 2 aliphatic rings. The molecular weight excluding hydrogens is 198 g/mol. The highest BCUT2D eigenvalue weighted by atomic mass is 16.6. The van der Waals surface area contributed by atoms with Crippen molar-refractivity contribution >= 4 is 12.1 Å². The van der Waals surface area contributed by atoms with E-state index in [1.165, 1.54) is 11.0 Å². The normalized spacial score (nSPS) is 32.0. The van der Waals surface area contributed by atoms with Crippen LogP contribution < -0.4 is 0 Å². The van der Waals surface area contributed by atoms with E-state index in [2.05, 4.69) is 6.58 Å². The molecule has 1 saturated heterocycles. The van der Waals surface area contributed by atoms with E-state index in [1.54, 1.807) is 0 Å². The molecule has 1 N–H and O–H groups in total. The van der Waals surface area contributed by atoms with Crippen LogP contribution in [0.4, 0.5) is 4.79 Å². The Hall–Kier alpha value is -1.52. The summed E-state index contributed by atoms with van der Waals surface area (Å²) in [6.07, 6.45) is 2.40. The minimum atomic E-state index is -0.947. The monoisotopic (exact) mass is 211 g/mol. The summed E-state index contributed by atoms with van der Waals surface area (Å²) in [5.74, 6) is -0.583. The van der Waals surface area contributed by atoms with Crippen molar-refractivity contribution in [3.63, 3.8) is 0 Å². The molecule has 0 spiro atoms. The molecule has 0 aromatic heterocycles. The average Bonchev–Trinajstić information content (AvgIpc) is 2.86. The predicted molar refractivity (Wildman–Crippen MR) is 51.3 cm³/mol. The summed E-state index contributed by atoms with van der Waals surface area (Å²) < 4.78 is 4.86. The van der Waals surface area contributed by atoms with Crippen LogP contribution in [-0.2, 0) is 9.53 Å². The van der Waals surface area contributed by atoms with Gasteiger partial charge in [0.05, 0.1) is 0 Å². The molecule has 5 nitrogen and oxygen atoms in total. The van der Waals surface area contributed by atoms with Gasteiger partial charge in [-0.1, -0.05) is 12.7 Å². The summed E-state index contributed by atoms with van der Waals surface area (Å²) in [4.78, 5) is 23.8. The number of hydrogen-bond donors (Lipinski definition) is 1. The van der Waals surface area contributed by atoms with Gasteiger partial charge in [-0.2, -0.15) is 0 Å². The maximum Gasteiger partial charge on any atom is 0.411 e. The molecule has 1 aliphatic heterocycles. The van der Waals surface area contributed by atoms with E-state index in [0.717, 1.165) is 6.42 Å². The zero-order valence-corrected chi connectivity index (χ0v) is 8.26. The quantitative estimate of drug-likeness (QED) is 0.703. The Kier molecular flexibility index (Phi) is 2.38. The number of piperidine rings is 1. The van der Waals surface area contributed by atoms with Crippen LogP contribution in [0.5, 0.6) is 0 Å². The van der Waals surface area contributed by atoms with Gasteiger partial charge in [0.15, 0.2) is 0 Å². The van der Waals surface area contributed by atoms with Crippen molar-refractivity contribution in [3.8, 4) is 0 Å². The van der Waals surface area contributed by atoms with E-state index in [0.29, 0.717) is 12.3 Å². The standard InChI is InChI=1S/C10H13NO4/c1-2-3-15-10(14)11-7-4-6(7)5-8(11)9(12)13/h2,6-8H,1,3-5H2,(H,12,13)/t6-,7-,8+/m1/s1. The largest absolute Gasteiger partial charge is 0.480 e. The lowest BCUT2D eigenvalue weighted by Gasteiger charge is -2.23. The molecule has 0 aromatic carbocycles. The molecule has 15 heavy (non-hydrogen) atoms. The smallest absolute Gasteiger partial charge is 0.411 e. The van der Waals surface area contributed by atoms with Gasteiger partial charge < -0.3 is 9.84 Å².